The Bertz CT molecular complexity index is 416. The molecule has 0 bridgehead atoms. The second-order valence-electron chi connectivity index (χ2n) is 4.34. The first-order valence-electron chi connectivity index (χ1n) is 5.27. The fraction of sp³-hybridized carbons (Fsp3) is 0.417. The van der Waals surface area contributed by atoms with Crippen molar-refractivity contribution in [3.05, 3.63) is 23.8 Å². The molecule has 0 aliphatic carbocycles. The van der Waals surface area contributed by atoms with Crippen LogP contribution in [0.4, 0.5) is 0 Å². The van der Waals surface area contributed by atoms with Crippen molar-refractivity contribution >= 4 is 5.91 Å². The molecule has 1 aromatic rings. The number of ether oxygens (including phenoxy) is 1. The summed E-state index contributed by atoms with van der Waals surface area (Å²) in [5, 5.41) is 12.6. The Hall–Kier alpha value is -1.75. The lowest BCUT2D eigenvalue weighted by molar-refractivity contribution is -0.123. The number of carbonyl (C=O) groups excluding carboxylic acids is 1. The second kappa shape index (κ2) is 5.05. The van der Waals surface area contributed by atoms with Crippen molar-refractivity contribution < 1.29 is 14.6 Å². The van der Waals surface area contributed by atoms with E-state index in [1.54, 1.807) is 39.2 Å². The number of amides is 1. The largest absolute Gasteiger partial charge is 0.508 e. The van der Waals surface area contributed by atoms with Gasteiger partial charge in [0.25, 0.3) is 0 Å². The van der Waals surface area contributed by atoms with Gasteiger partial charge in [-0.2, -0.15) is 0 Å². The van der Waals surface area contributed by atoms with Crippen LogP contribution in [-0.2, 0) is 11.3 Å². The topological polar surface area (TPSA) is 84.6 Å². The fourth-order valence-corrected chi connectivity index (χ4v) is 1.23. The van der Waals surface area contributed by atoms with E-state index in [4.69, 9.17) is 10.5 Å². The summed E-state index contributed by atoms with van der Waals surface area (Å²) in [7, 11) is 1.55. The average Bonchev–Trinajstić information content (AvgIpc) is 2.28. The number of benzene rings is 1. The van der Waals surface area contributed by atoms with Crippen LogP contribution in [0.15, 0.2) is 18.2 Å². The van der Waals surface area contributed by atoms with Crippen LogP contribution < -0.4 is 15.8 Å². The van der Waals surface area contributed by atoms with Gasteiger partial charge in [0, 0.05) is 12.1 Å². The second-order valence-corrected chi connectivity index (χ2v) is 4.34. The van der Waals surface area contributed by atoms with Crippen LogP contribution in [-0.4, -0.2) is 23.7 Å². The molecule has 17 heavy (non-hydrogen) atoms. The molecule has 4 N–H and O–H groups in total. The molecule has 94 valence electrons. The van der Waals surface area contributed by atoms with E-state index in [9.17, 15) is 9.90 Å². The van der Waals surface area contributed by atoms with E-state index in [-0.39, 0.29) is 5.75 Å². The third kappa shape index (κ3) is 3.35. The number of nitrogens with two attached hydrogens (primary N) is 1. The summed E-state index contributed by atoms with van der Waals surface area (Å²) >= 11 is 0. The molecule has 0 radical (unpaired) electrons. The highest BCUT2D eigenvalue weighted by atomic mass is 16.5. The Labute approximate surface area is 101 Å². The predicted octanol–water partition coefficient (Wildman–Crippen LogP) is 0.754. The molecule has 0 aliphatic heterocycles. The van der Waals surface area contributed by atoms with Crippen molar-refractivity contribution in [1.82, 2.24) is 5.32 Å². The van der Waals surface area contributed by atoms with Crippen LogP contribution >= 0.6 is 0 Å². The van der Waals surface area contributed by atoms with Crippen LogP contribution in [0.1, 0.15) is 19.4 Å². The van der Waals surface area contributed by atoms with Gasteiger partial charge in [-0.3, -0.25) is 10.1 Å². The van der Waals surface area contributed by atoms with E-state index in [0.717, 1.165) is 0 Å². The number of hydrogen-bond acceptors (Lipinski definition) is 4. The van der Waals surface area contributed by atoms with Crippen molar-refractivity contribution in [2.24, 2.45) is 5.73 Å². The standard InChI is InChI=1S/C12H18N2O3/c1-12(2,11(13)16)14-7-8-6-9(17-3)4-5-10(8)15/h4-6,14-15H,7H2,1-3H3,(H2,13,16). The van der Waals surface area contributed by atoms with Gasteiger partial charge in [0.2, 0.25) is 5.91 Å². The molecule has 1 rings (SSSR count). The normalized spacial score (nSPS) is 11.2. The Kier molecular flexibility index (Phi) is 3.96. The summed E-state index contributed by atoms with van der Waals surface area (Å²) in [6, 6.07) is 4.92. The molecule has 5 nitrogen and oxygen atoms in total. The van der Waals surface area contributed by atoms with Crippen LogP contribution in [0.25, 0.3) is 0 Å². The third-order valence-corrected chi connectivity index (χ3v) is 2.62. The summed E-state index contributed by atoms with van der Waals surface area (Å²) < 4.78 is 5.06. The zero-order chi connectivity index (χ0) is 13.1. The smallest absolute Gasteiger partial charge is 0.237 e. The molecule has 0 heterocycles. The number of phenols is 1. The van der Waals surface area contributed by atoms with Crippen LogP contribution in [0.3, 0.4) is 0 Å². The average molecular weight is 238 g/mol. The number of nitrogens with one attached hydrogen (secondary N) is 1. The maximum atomic E-state index is 11.1. The van der Waals surface area contributed by atoms with Crippen LogP contribution in [0, 0.1) is 0 Å². The van der Waals surface area contributed by atoms with Crippen molar-refractivity contribution in [3.63, 3.8) is 0 Å². The number of carbonyl (C=O) groups is 1. The van der Waals surface area contributed by atoms with Crippen LogP contribution in [0.5, 0.6) is 11.5 Å². The minimum absolute atomic E-state index is 0.151. The number of hydrogen-bond donors (Lipinski definition) is 3. The molecule has 0 saturated carbocycles. The zero-order valence-electron chi connectivity index (χ0n) is 10.3. The molecule has 5 heteroatoms. The molecule has 0 unspecified atom stereocenters. The van der Waals surface area contributed by atoms with E-state index in [2.05, 4.69) is 5.32 Å². The molecule has 0 aromatic heterocycles. The van der Waals surface area contributed by atoms with Crippen molar-refractivity contribution in [2.45, 2.75) is 25.9 Å². The lowest BCUT2D eigenvalue weighted by atomic mass is 10.0. The van der Waals surface area contributed by atoms with Gasteiger partial charge in [0.15, 0.2) is 0 Å². The number of phenolic OH excluding ortho intramolecular Hbond substituents is 1. The number of rotatable bonds is 5. The molecular formula is C12H18N2O3. The highest BCUT2D eigenvalue weighted by Gasteiger charge is 2.24. The summed E-state index contributed by atoms with van der Waals surface area (Å²) in [5.74, 6) is 0.356. The summed E-state index contributed by atoms with van der Waals surface area (Å²) in [5.41, 5.74) is 5.07. The van der Waals surface area contributed by atoms with Gasteiger partial charge in [-0.1, -0.05) is 0 Å². The van der Waals surface area contributed by atoms with E-state index in [1.165, 1.54) is 0 Å². The Balaban J connectivity index is 2.78. The first-order chi connectivity index (χ1) is 7.86. The van der Waals surface area contributed by atoms with Crippen molar-refractivity contribution in [2.75, 3.05) is 7.11 Å². The van der Waals surface area contributed by atoms with E-state index in [0.29, 0.717) is 17.9 Å². The predicted molar refractivity (Wildman–Crippen MR) is 64.8 cm³/mol. The summed E-state index contributed by atoms with van der Waals surface area (Å²) in [4.78, 5) is 11.1. The lowest BCUT2D eigenvalue weighted by Gasteiger charge is -2.22. The molecule has 0 aliphatic rings. The fourth-order valence-electron chi connectivity index (χ4n) is 1.23. The molecule has 0 saturated heterocycles. The maximum Gasteiger partial charge on any atom is 0.237 e. The molecule has 1 aromatic carbocycles. The van der Waals surface area contributed by atoms with Gasteiger partial charge < -0.3 is 15.6 Å². The van der Waals surface area contributed by atoms with Gasteiger partial charge in [0.1, 0.15) is 11.5 Å². The Morgan fingerprint density at radius 2 is 2.18 bits per heavy atom. The van der Waals surface area contributed by atoms with Gasteiger partial charge in [-0.15, -0.1) is 0 Å². The molecule has 0 spiro atoms. The minimum atomic E-state index is -0.824. The molecular weight excluding hydrogens is 220 g/mol. The maximum absolute atomic E-state index is 11.1. The third-order valence-electron chi connectivity index (χ3n) is 2.62. The van der Waals surface area contributed by atoms with Gasteiger partial charge in [-0.05, 0) is 32.0 Å². The minimum Gasteiger partial charge on any atom is -0.508 e. The molecule has 0 atom stereocenters. The number of aromatic hydroxyl groups is 1. The lowest BCUT2D eigenvalue weighted by Crippen LogP contribution is -2.50. The summed E-state index contributed by atoms with van der Waals surface area (Å²) in [6.07, 6.45) is 0. The first-order valence-corrected chi connectivity index (χ1v) is 5.27. The van der Waals surface area contributed by atoms with E-state index < -0.39 is 11.4 Å². The van der Waals surface area contributed by atoms with E-state index in [1.807, 2.05) is 0 Å². The quantitative estimate of drug-likeness (QED) is 0.707. The Morgan fingerprint density at radius 1 is 1.53 bits per heavy atom. The monoisotopic (exact) mass is 238 g/mol. The molecule has 1 amide bonds. The SMILES string of the molecule is COc1ccc(O)c(CNC(C)(C)C(N)=O)c1. The van der Waals surface area contributed by atoms with E-state index >= 15 is 0 Å². The van der Waals surface area contributed by atoms with Crippen molar-refractivity contribution in [3.8, 4) is 11.5 Å². The highest BCUT2D eigenvalue weighted by Crippen LogP contribution is 2.23. The highest BCUT2D eigenvalue weighted by molar-refractivity contribution is 5.83. The van der Waals surface area contributed by atoms with Gasteiger partial charge in [-0.25, -0.2) is 0 Å². The Morgan fingerprint density at radius 3 is 2.71 bits per heavy atom. The zero-order valence-corrected chi connectivity index (χ0v) is 10.3. The van der Waals surface area contributed by atoms with Crippen molar-refractivity contribution in [1.29, 1.82) is 0 Å². The molecule has 0 fully saturated rings. The summed E-state index contributed by atoms with van der Waals surface area (Å²) in [6.45, 7) is 3.71. The number of primary amides is 1. The van der Waals surface area contributed by atoms with Gasteiger partial charge >= 0.3 is 0 Å². The number of methoxy groups -OCH3 is 1. The first kappa shape index (κ1) is 13.3. The van der Waals surface area contributed by atoms with Crippen LogP contribution in [0.2, 0.25) is 0 Å². The van der Waals surface area contributed by atoms with Gasteiger partial charge in [0.05, 0.1) is 12.6 Å².